The number of hydrogen-bond donors (Lipinski definition) is 4. The molecule has 1 saturated heterocycles. The van der Waals surface area contributed by atoms with Gasteiger partial charge in [-0.2, -0.15) is 10.7 Å². The van der Waals surface area contributed by atoms with Gasteiger partial charge < -0.3 is 39.3 Å². The second-order valence-electron chi connectivity index (χ2n) is 8.32. The molecule has 0 unspecified atom stereocenters. The van der Waals surface area contributed by atoms with Crippen LogP contribution in [0.2, 0.25) is 0 Å². The lowest BCUT2D eigenvalue weighted by atomic mass is 9.89. The van der Waals surface area contributed by atoms with E-state index in [-0.39, 0.29) is 22.3 Å². The first-order valence-corrected chi connectivity index (χ1v) is 10.5. The number of benzene rings is 1. The van der Waals surface area contributed by atoms with Crippen LogP contribution in [0.15, 0.2) is 21.3 Å². The van der Waals surface area contributed by atoms with Crippen LogP contribution in [0.25, 0.3) is 11.0 Å². The van der Waals surface area contributed by atoms with E-state index < -0.39 is 65.7 Å². The Morgan fingerprint density at radius 2 is 2.03 bits per heavy atom. The number of hydroxylamine groups is 1. The summed E-state index contributed by atoms with van der Waals surface area (Å²) in [6.07, 6.45) is -6.29. The summed E-state index contributed by atoms with van der Waals surface area (Å²) in [7, 11) is 1.34. The molecule has 1 aromatic carbocycles. The van der Waals surface area contributed by atoms with Gasteiger partial charge in [-0.1, -0.05) is 0 Å². The molecule has 4 atom stereocenters. The number of fused-ring (bicyclic) bond motifs is 1. The Labute approximate surface area is 204 Å². The Hall–Kier alpha value is -3.90. The first-order chi connectivity index (χ1) is 16.9. The Bertz CT molecular complexity index is 1270. The first kappa shape index (κ1) is 26.7. The fourth-order valence-corrected chi connectivity index (χ4v) is 3.92. The number of aryl methyl sites for hydroxylation is 1. The third-order valence-electron chi connectivity index (χ3n) is 5.54. The number of aromatic hydroxyl groups is 1. The molecule has 5 N–H and O–H groups in total. The van der Waals surface area contributed by atoms with E-state index in [9.17, 15) is 24.6 Å². The number of ether oxygens (including phenoxy) is 4. The highest BCUT2D eigenvalue weighted by Crippen LogP contribution is 2.37. The van der Waals surface area contributed by atoms with E-state index in [4.69, 9.17) is 34.4 Å². The number of nitrogens with zero attached hydrogens (tertiary/aromatic N) is 1. The van der Waals surface area contributed by atoms with Gasteiger partial charge >= 0.3 is 11.7 Å². The zero-order valence-corrected chi connectivity index (χ0v) is 19.8. The highest BCUT2D eigenvalue weighted by atomic mass is 16.7. The smallest absolute Gasteiger partial charge is 0.431 e. The van der Waals surface area contributed by atoms with Crippen LogP contribution in [0.5, 0.6) is 11.5 Å². The number of carbonyl (C=O) groups is 2. The lowest BCUT2D eigenvalue weighted by molar-refractivity contribution is -0.305. The van der Waals surface area contributed by atoms with Crippen LogP contribution in [-0.2, 0) is 19.0 Å². The Balaban J connectivity index is 1.93. The molecule has 2 aromatic rings. The van der Waals surface area contributed by atoms with Crippen LogP contribution in [-0.4, -0.2) is 66.1 Å². The molecule has 2 amide bonds. The van der Waals surface area contributed by atoms with Gasteiger partial charge in [-0.25, -0.2) is 9.59 Å². The van der Waals surface area contributed by atoms with Gasteiger partial charge in [-0.15, -0.1) is 0 Å². The molecule has 0 radical (unpaired) electrons. The van der Waals surface area contributed by atoms with Crippen molar-refractivity contribution in [1.29, 1.82) is 5.26 Å². The number of rotatable bonds is 7. The third-order valence-corrected chi connectivity index (χ3v) is 5.54. The Morgan fingerprint density at radius 1 is 1.33 bits per heavy atom. The number of hydrogen-bond acceptors (Lipinski definition) is 12. The van der Waals surface area contributed by atoms with E-state index in [0.717, 1.165) is 0 Å². The molecule has 2 heterocycles. The Kier molecular flexibility index (Phi) is 7.70. The molecule has 0 aliphatic carbocycles. The van der Waals surface area contributed by atoms with Crippen LogP contribution in [0, 0.1) is 18.3 Å². The second kappa shape index (κ2) is 10.4. The lowest BCUT2D eigenvalue weighted by Crippen LogP contribution is -2.65. The van der Waals surface area contributed by atoms with Gasteiger partial charge in [-0.05, 0) is 32.9 Å². The molecule has 1 aliphatic rings. The fraction of sp³-hybridized carbons (Fsp3) is 0.455. The van der Waals surface area contributed by atoms with E-state index in [2.05, 4.69) is 4.84 Å². The van der Waals surface area contributed by atoms with Gasteiger partial charge in [0.25, 0.3) is 5.91 Å². The minimum atomic E-state index is -1.57. The van der Waals surface area contributed by atoms with E-state index in [1.54, 1.807) is 19.9 Å². The van der Waals surface area contributed by atoms with Crippen molar-refractivity contribution in [3.8, 4) is 17.6 Å². The number of amides is 2. The van der Waals surface area contributed by atoms with Crippen LogP contribution in [0.1, 0.15) is 29.8 Å². The quantitative estimate of drug-likeness (QED) is 0.227. The second-order valence-corrected chi connectivity index (χ2v) is 8.32. The van der Waals surface area contributed by atoms with Crippen molar-refractivity contribution in [2.24, 2.45) is 5.73 Å². The molecule has 3 rings (SSSR count). The van der Waals surface area contributed by atoms with Gasteiger partial charge in [0.15, 0.2) is 24.4 Å². The number of aliphatic hydroxyl groups excluding tert-OH is 1. The van der Waals surface area contributed by atoms with Crippen molar-refractivity contribution >= 4 is 23.0 Å². The average Bonchev–Trinajstić information content (AvgIpc) is 2.79. The van der Waals surface area contributed by atoms with E-state index in [1.807, 2.05) is 5.48 Å². The number of nitrogens with two attached hydrogens (primary N) is 1. The molecule has 1 aliphatic heterocycles. The van der Waals surface area contributed by atoms with E-state index in [1.165, 1.54) is 26.2 Å². The summed E-state index contributed by atoms with van der Waals surface area (Å²) < 4.78 is 27.6. The predicted molar refractivity (Wildman–Crippen MR) is 119 cm³/mol. The maximum atomic E-state index is 12.2. The van der Waals surface area contributed by atoms with Crippen molar-refractivity contribution in [1.82, 2.24) is 5.48 Å². The summed E-state index contributed by atoms with van der Waals surface area (Å²) in [6, 6.07) is 4.39. The molecular weight excluding hydrogens is 482 g/mol. The number of methoxy groups -OCH3 is 1. The van der Waals surface area contributed by atoms with Crippen LogP contribution < -0.4 is 21.6 Å². The van der Waals surface area contributed by atoms with Crippen LogP contribution in [0.4, 0.5) is 4.79 Å². The SMILES string of the molecule is CO[C@@H]1[C@@H](OC(=O)NOCC#N)[C@@H](O)[C@H](Oc2ccc3c(O)c(C(N)=O)c(=O)oc3c2C)OC1(C)C. The van der Waals surface area contributed by atoms with Crippen molar-refractivity contribution in [2.45, 2.75) is 51.0 Å². The van der Waals surface area contributed by atoms with E-state index in [0.29, 0.717) is 0 Å². The molecule has 0 saturated carbocycles. The lowest BCUT2D eigenvalue weighted by Gasteiger charge is -2.47. The maximum Gasteiger partial charge on any atom is 0.431 e. The van der Waals surface area contributed by atoms with Gasteiger partial charge in [0.2, 0.25) is 6.29 Å². The average molecular weight is 507 g/mol. The molecule has 0 bridgehead atoms. The topological polar surface area (TPSA) is 213 Å². The third kappa shape index (κ3) is 5.04. The highest BCUT2D eigenvalue weighted by Gasteiger charge is 2.53. The highest BCUT2D eigenvalue weighted by molar-refractivity contribution is 6.01. The molecule has 14 heteroatoms. The molecule has 1 aromatic heterocycles. The minimum absolute atomic E-state index is 0.0355. The summed E-state index contributed by atoms with van der Waals surface area (Å²) in [5.41, 5.74) is 4.24. The first-order valence-electron chi connectivity index (χ1n) is 10.5. The van der Waals surface area contributed by atoms with Crippen molar-refractivity contribution in [2.75, 3.05) is 13.7 Å². The normalized spacial score (nSPS) is 23.0. The summed E-state index contributed by atoms with van der Waals surface area (Å²) in [5, 5.41) is 29.8. The van der Waals surface area contributed by atoms with Gasteiger partial charge in [-0.3, -0.25) is 9.63 Å². The summed E-state index contributed by atoms with van der Waals surface area (Å²) in [6.45, 7) is 4.33. The monoisotopic (exact) mass is 507 g/mol. The number of carbonyl (C=O) groups excluding carboxylic acids is 2. The molecule has 14 nitrogen and oxygen atoms in total. The molecular formula is C22H25N3O11. The minimum Gasteiger partial charge on any atom is -0.506 e. The van der Waals surface area contributed by atoms with Gasteiger partial charge in [0.1, 0.15) is 23.2 Å². The molecule has 194 valence electrons. The number of aliphatic hydroxyl groups is 1. The van der Waals surface area contributed by atoms with Crippen molar-refractivity contribution in [3.05, 3.63) is 33.7 Å². The molecule has 1 fully saturated rings. The van der Waals surface area contributed by atoms with Crippen molar-refractivity contribution < 1.29 is 48.0 Å². The summed E-state index contributed by atoms with van der Waals surface area (Å²) in [4.78, 5) is 40.4. The Morgan fingerprint density at radius 3 is 2.64 bits per heavy atom. The standard InChI is InChI=1S/C22H25N3O11/c1-9-11(6-5-10-13(26)12(18(24)28)19(29)34-15(9)10)33-20-14(27)16(17(31-4)22(2,3)36-20)35-21(30)25-32-8-7-23/h5-6,14,16-17,20,26-27H,8H2,1-4H3,(H2,24,28)(H,25,30)/t14-,16+,17-,20-/m1/s1. The largest absolute Gasteiger partial charge is 0.506 e. The number of nitriles is 1. The zero-order valence-electron chi connectivity index (χ0n) is 19.8. The molecule has 0 spiro atoms. The summed E-state index contributed by atoms with van der Waals surface area (Å²) in [5.74, 6) is -1.70. The predicted octanol–water partition coefficient (Wildman–Crippen LogP) is 0.345. The number of nitrogens with one attached hydrogen (secondary N) is 1. The van der Waals surface area contributed by atoms with Crippen LogP contribution in [0.3, 0.4) is 0 Å². The van der Waals surface area contributed by atoms with Gasteiger partial charge in [0.05, 0.1) is 17.1 Å². The maximum absolute atomic E-state index is 12.2. The van der Waals surface area contributed by atoms with Crippen LogP contribution >= 0.6 is 0 Å². The molecule has 36 heavy (non-hydrogen) atoms. The van der Waals surface area contributed by atoms with Gasteiger partial charge in [0, 0.05) is 12.7 Å². The summed E-state index contributed by atoms with van der Waals surface area (Å²) >= 11 is 0. The van der Waals surface area contributed by atoms with E-state index >= 15 is 0 Å². The zero-order chi connectivity index (χ0) is 26.8. The van der Waals surface area contributed by atoms with Crippen molar-refractivity contribution in [3.63, 3.8) is 0 Å². The fourth-order valence-electron chi connectivity index (χ4n) is 3.92. The number of primary amides is 1.